The molecule has 0 saturated carbocycles. The highest BCUT2D eigenvalue weighted by atomic mass is 16.4. The minimum Gasteiger partial charge on any atom is -0.481 e. The van der Waals surface area contributed by atoms with Crippen LogP contribution in [0.5, 0.6) is 0 Å². The third-order valence-electron chi connectivity index (χ3n) is 2.69. The van der Waals surface area contributed by atoms with Gasteiger partial charge in [-0.2, -0.15) is 0 Å². The van der Waals surface area contributed by atoms with Gasteiger partial charge in [0.2, 0.25) is 0 Å². The fraction of sp³-hybridized carbons (Fsp3) is 0.214. The van der Waals surface area contributed by atoms with Gasteiger partial charge in [-0.05, 0) is 24.1 Å². The Kier molecular flexibility index (Phi) is 3.60. The zero-order chi connectivity index (χ0) is 12.1. The zero-order valence-corrected chi connectivity index (χ0v) is 9.37. The molecular formula is C14H14O3. The lowest BCUT2D eigenvalue weighted by molar-refractivity contribution is -0.137. The predicted molar refractivity (Wildman–Crippen MR) is 63.8 cm³/mol. The maximum atomic E-state index is 10.9. The molecule has 3 nitrogen and oxygen atoms in total. The summed E-state index contributed by atoms with van der Waals surface area (Å²) in [6, 6.07) is 13.5. The third kappa shape index (κ3) is 3.21. The molecule has 0 spiro atoms. The lowest BCUT2D eigenvalue weighted by Gasteiger charge is -2.12. The zero-order valence-electron chi connectivity index (χ0n) is 9.37. The monoisotopic (exact) mass is 230 g/mol. The first kappa shape index (κ1) is 11.5. The Labute approximate surface area is 99.7 Å². The molecular weight excluding hydrogens is 216 g/mol. The molecule has 1 N–H and O–H groups in total. The topological polar surface area (TPSA) is 50.4 Å². The van der Waals surface area contributed by atoms with E-state index in [0.29, 0.717) is 6.42 Å². The van der Waals surface area contributed by atoms with Gasteiger partial charge in [0.05, 0.1) is 12.7 Å². The van der Waals surface area contributed by atoms with Crippen molar-refractivity contribution in [3.8, 4) is 0 Å². The van der Waals surface area contributed by atoms with E-state index in [1.54, 1.807) is 12.3 Å². The van der Waals surface area contributed by atoms with Crippen molar-refractivity contribution >= 4 is 5.97 Å². The first-order valence-corrected chi connectivity index (χ1v) is 5.55. The smallest absolute Gasteiger partial charge is 0.304 e. The molecule has 1 aromatic carbocycles. The summed E-state index contributed by atoms with van der Waals surface area (Å²) in [6.07, 6.45) is 2.35. The van der Waals surface area contributed by atoms with Crippen molar-refractivity contribution in [2.45, 2.75) is 18.8 Å². The van der Waals surface area contributed by atoms with Gasteiger partial charge in [0.25, 0.3) is 0 Å². The van der Waals surface area contributed by atoms with Gasteiger partial charge in [0, 0.05) is 5.92 Å². The maximum absolute atomic E-state index is 10.9. The van der Waals surface area contributed by atoms with Crippen LogP contribution in [0.15, 0.2) is 53.1 Å². The van der Waals surface area contributed by atoms with E-state index in [2.05, 4.69) is 0 Å². The fourth-order valence-corrected chi connectivity index (χ4v) is 1.91. The summed E-state index contributed by atoms with van der Waals surface area (Å²) in [4.78, 5) is 10.9. The average Bonchev–Trinajstić information content (AvgIpc) is 2.82. The number of carboxylic acid groups (broad SMARTS) is 1. The Bertz CT molecular complexity index is 459. The molecule has 0 radical (unpaired) electrons. The average molecular weight is 230 g/mol. The van der Waals surface area contributed by atoms with Gasteiger partial charge in [-0.25, -0.2) is 0 Å². The highest BCUT2D eigenvalue weighted by molar-refractivity contribution is 5.67. The molecule has 1 unspecified atom stereocenters. The number of hydrogen-bond donors (Lipinski definition) is 1. The van der Waals surface area contributed by atoms with E-state index in [1.165, 1.54) is 0 Å². The van der Waals surface area contributed by atoms with E-state index in [0.717, 1.165) is 11.3 Å². The number of carboxylic acids is 1. The summed E-state index contributed by atoms with van der Waals surface area (Å²) in [5.74, 6) is -0.177. The molecule has 1 aromatic heterocycles. The van der Waals surface area contributed by atoms with Gasteiger partial charge in [0.1, 0.15) is 5.76 Å². The SMILES string of the molecule is O=C(O)CC(Cc1ccccc1)c1ccco1. The van der Waals surface area contributed by atoms with Gasteiger partial charge in [-0.1, -0.05) is 30.3 Å². The summed E-state index contributed by atoms with van der Waals surface area (Å²) in [6.45, 7) is 0. The van der Waals surface area contributed by atoms with Gasteiger partial charge in [0.15, 0.2) is 0 Å². The fourth-order valence-electron chi connectivity index (χ4n) is 1.91. The van der Waals surface area contributed by atoms with Crippen molar-refractivity contribution in [1.29, 1.82) is 0 Å². The second-order valence-corrected chi connectivity index (χ2v) is 4.00. The lowest BCUT2D eigenvalue weighted by Crippen LogP contribution is -2.08. The Morgan fingerprint density at radius 2 is 1.94 bits per heavy atom. The predicted octanol–water partition coefficient (Wildman–Crippen LogP) is 3.08. The van der Waals surface area contributed by atoms with Crippen molar-refractivity contribution < 1.29 is 14.3 Å². The summed E-state index contributed by atoms with van der Waals surface area (Å²) < 4.78 is 5.31. The molecule has 0 aliphatic heterocycles. The molecule has 1 atom stereocenters. The van der Waals surface area contributed by atoms with Crippen LogP contribution >= 0.6 is 0 Å². The Morgan fingerprint density at radius 3 is 2.53 bits per heavy atom. The molecule has 0 fully saturated rings. The highest BCUT2D eigenvalue weighted by Gasteiger charge is 2.18. The van der Waals surface area contributed by atoms with Gasteiger partial charge < -0.3 is 9.52 Å². The molecule has 3 heteroatoms. The van der Waals surface area contributed by atoms with E-state index in [4.69, 9.17) is 9.52 Å². The summed E-state index contributed by atoms with van der Waals surface area (Å²) in [5.41, 5.74) is 1.12. The van der Waals surface area contributed by atoms with Crippen LogP contribution in [-0.2, 0) is 11.2 Å². The Hall–Kier alpha value is -2.03. The van der Waals surface area contributed by atoms with Crippen LogP contribution in [0.1, 0.15) is 23.7 Å². The summed E-state index contributed by atoms with van der Waals surface area (Å²) in [7, 11) is 0. The lowest BCUT2D eigenvalue weighted by atomic mass is 9.94. The van der Waals surface area contributed by atoms with Crippen LogP contribution in [0.25, 0.3) is 0 Å². The molecule has 2 aromatic rings. The van der Waals surface area contributed by atoms with Crippen molar-refractivity contribution in [2.75, 3.05) is 0 Å². The molecule has 0 aliphatic rings. The molecule has 0 aliphatic carbocycles. The van der Waals surface area contributed by atoms with Gasteiger partial charge >= 0.3 is 5.97 Å². The first-order valence-electron chi connectivity index (χ1n) is 5.55. The van der Waals surface area contributed by atoms with Crippen LogP contribution in [0.2, 0.25) is 0 Å². The van der Waals surface area contributed by atoms with Crippen molar-refractivity contribution in [2.24, 2.45) is 0 Å². The summed E-state index contributed by atoms with van der Waals surface area (Å²) in [5, 5.41) is 8.92. The number of carbonyl (C=O) groups is 1. The minimum atomic E-state index is -0.803. The van der Waals surface area contributed by atoms with Crippen molar-refractivity contribution in [1.82, 2.24) is 0 Å². The molecule has 0 saturated heterocycles. The van der Waals surface area contributed by atoms with E-state index < -0.39 is 5.97 Å². The van der Waals surface area contributed by atoms with E-state index in [-0.39, 0.29) is 12.3 Å². The van der Waals surface area contributed by atoms with Crippen molar-refractivity contribution in [3.63, 3.8) is 0 Å². The Morgan fingerprint density at radius 1 is 1.18 bits per heavy atom. The molecule has 2 rings (SSSR count). The standard InChI is InChI=1S/C14H14O3/c15-14(16)10-12(13-7-4-8-17-13)9-11-5-2-1-3-6-11/h1-8,12H,9-10H2,(H,15,16). The number of benzene rings is 1. The van der Waals surface area contributed by atoms with E-state index in [1.807, 2.05) is 36.4 Å². The third-order valence-corrected chi connectivity index (χ3v) is 2.69. The summed E-state index contributed by atoms with van der Waals surface area (Å²) >= 11 is 0. The van der Waals surface area contributed by atoms with E-state index >= 15 is 0 Å². The first-order chi connectivity index (χ1) is 8.25. The van der Waals surface area contributed by atoms with E-state index in [9.17, 15) is 4.79 Å². The van der Waals surface area contributed by atoms with Crippen LogP contribution < -0.4 is 0 Å². The van der Waals surface area contributed by atoms with Crippen LogP contribution in [0, 0.1) is 0 Å². The quantitative estimate of drug-likeness (QED) is 0.858. The second kappa shape index (κ2) is 5.34. The minimum absolute atomic E-state index is 0.0857. The highest BCUT2D eigenvalue weighted by Crippen LogP contribution is 2.24. The van der Waals surface area contributed by atoms with Crippen LogP contribution in [0.3, 0.4) is 0 Å². The number of hydrogen-bond acceptors (Lipinski definition) is 2. The molecule has 88 valence electrons. The molecule has 0 bridgehead atoms. The second-order valence-electron chi connectivity index (χ2n) is 4.00. The molecule has 1 heterocycles. The number of aliphatic carboxylic acids is 1. The van der Waals surface area contributed by atoms with Crippen molar-refractivity contribution in [3.05, 3.63) is 60.1 Å². The van der Waals surface area contributed by atoms with Crippen LogP contribution in [0.4, 0.5) is 0 Å². The van der Waals surface area contributed by atoms with Gasteiger partial charge in [-0.15, -0.1) is 0 Å². The van der Waals surface area contributed by atoms with Gasteiger partial charge in [-0.3, -0.25) is 4.79 Å². The Balaban J connectivity index is 2.14. The van der Waals surface area contributed by atoms with Crippen LogP contribution in [-0.4, -0.2) is 11.1 Å². The normalized spacial score (nSPS) is 12.2. The number of furan rings is 1. The maximum Gasteiger partial charge on any atom is 0.304 e. The molecule has 0 amide bonds. The largest absolute Gasteiger partial charge is 0.481 e. The number of rotatable bonds is 5. The molecule has 17 heavy (non-hydrogen) atoms.